The molecule has 0 radical (unpaired) electrons. The Morgan fingerprint density at radius 3 is 2.80 bits per heavy atom. The summed E-state index contributed by atoms with van der Waals surface area (Å²) in [5, 5.41) is 2.06. The summed E-state index contributed by atoms with van der Waals surface area (Å²) >= 11 is 4.59. The molecule has 2 aromatic rings. The molecule has 0 amide bonds. The van der Waals surface area contributed by atoms with Crippen molar-refractivity contribution in [3.8, 4) is 0 Å². The van der Waals surface area contributed by atoms with Gasteiger partial charge >= 0.3 is 6.43 Å². The van der Waals surface area contributed by atoms with Crippen molar-refractivity contribution in [1.29, 1.82) is 0 Å². The molecule has 5 heteroatoms. The van der Waals surface area contributed by atoms with Gasteiger partial charge in [-0.1, -0.05) is 12.1 Å². The second kappa shape index (κ2) is 3.98. The molecule has 15 heavy (non-hydrogen) atoms. The summed E-state index contributed by atoms with van der Waals surface area (Å²) in [7, 11) is 0. The number of benzene rings is 1. The minimum atomic E-state index is -2.94. The van der Waals surface area contributed by atoms with Crippen molar-refractivity contribution in [2.75, 3.05) is 0 Å². The molecule has 0 saturated heterocycles. The van der Waals surface area contributed by atoms with E-state index in [0.29, 0.717) is 5.39 Å². The quantitative estimate of drug-likeness (QED) is 0.761. The topological polar surface area (TPSA) is 17.1 Å². The summed E-state index contributed by atoms with van der Waals surface area (Å²) in [6.45, 7) is 0. The highest BCUT2D eigenvalue weighted by atomic mass is 79.9. The molecule has 1 heterocycles. The molecule has 0 aliphatic heterocycles. The lowest BCUT2D eigenvalue weighted by Gasteiger charge is -1.97. The van der Waals surface area contributed by atoms with Crippen molar-refractivity contribution < 1.29 is 13.6 Å². The standard InChI is InChI=1S/C10H5BrF2OS/c11-7-3-1-2-5-6(4-15-9(5)7)8(14)10(12)13/h1-4,10H. The van der Waals surface area contributed by atoms with Gasteiger partial charge in [0.15, 0.2) is 0 Å². The van der Waals surface area contributed by atoms with Crippen molar-refractivity contribution in [3.05, 3.63) is 33.6 Å². The molecule has 1 aromatic carbocycles. The van der Waals surface area contributed by atoms with Crippen LogP contribution in [0.3, 0.4) is 0 Å². The summed E-state index contributed by atoms with van der Waals surface area (Å²) in [6, 6.07) is 5.21. The summed E-state index contributed by atoms with van der Waals surface area (Å²) in [4.78, 5) is 11.2. The van der Waals surface area contributed by atoms with Gasteiger partial charge in [-0.3, -0.25) is 4.79 Å². The van der Waals surface area contributed by atoms with Crippen LogP contribution in [0.25, 0.3) is 10.1 Å². The second-order valence-corrected chi connectivity index (χ2v) is 4.66. The number of carbonyl (C=O) groups excluding carboxylic acids is 1. The molecule has 0 N–H and O–H groups in total. The van der Waals surface area contributed by atoms with Crippen LogP contribution < -0.4 is 0 Å². The number of Topliss-reactive ketones (excluding diaryl/α,β-unsaturated/α-hetero) is 1. The number of ketones is 1. The first-order valence-electron chi connectivity index (χ1n) is 4.09. The van der Waals surface area contributed by atoms with E-state index in [9.17, 15) is 13.6 Å². The Bertz CT molecular complexity index is 521. The Morgan fingerprint density at radius 2 is 2.13 bits per heavy atom. The van der Waals surface area contributed by atoms with Gasteiger partial charge in [-0.15, -0.1) is 11.3 Å². The van der Waals surface area contributed by atoms with E-state index < -0.39 is 12.2 Å². The summed E-state index contributed by atoms with van der Waals surface area (Å²) in [5.41, 5.74) is 0.103. The maximum absolute atomic E-state index is 12.3. The van der Waals surface area contributed by atoms with Crippen LogP contribution in [-0.2, 0) is 0 Å². The third kappa shape index (κ3) is 1.81. The van der Waals surface area contributed by atoms with Crippen LogP contribution in [0.2, 0.25) is 0 Å². The van der Waals surface area contributed by atoms with Gasteiger partial charge in [0.25, 0.3) is 0 Å². The molecule has 0 bridgehead atoms. The smallest absolute Gasteiger partial charge is 0.288 e. The van der Waals surface area contributed by atoms with Gasteiger partial charge < -0.3 is 0 Å². The van der Waals surface area contributed by atoms with Crippen molar-refractivity contribution >= 4 is 43.1 Å². The number of hydrogen-bond acceptors (Lipinski definition) is 2. The average molecular weight is 291 g/mol. The van der Waals surface area contributed by atoms with Crippen LogP contribution in [0.15, 0.2) is 28.1 Å². The fraction of sp³-hybridized carbons (Fsp3) is 0.100. The Hall–Kier alpha value is -0.810. The largest absolute Gasteiger partial charge is 0.300 e. The number of carbonyl (C=O) groups is 1. The lowest BCUT2D eigenvalue weighted by Crippen LogP contribution is -2.09. The van der Waals surface area contributed by atoms with Crippen molar-refractivity contribution in [2.24, 2.45) is 0 Å². The zero-order valence-electron chi connectivity index (χ0n) is 7.34. The first-order chi connectivity index (χ1) is 7.11. The van der Waals surface area contributed by atoms with E-state index in [1.807, 2.05) is 6.07 Å². The molecule has 0 atom stereocenters. The number of hydrogen-bond donors (Lipinski definition) is 0. The Balaban J connectivity index is 2.64. The number of halogens is 3. The highest BCUT2D eigenvalue weighted by molar-refractivity contribution is 9.10. The molecule has 0 aliphatic rings. The Morgan fingerprint density at radius 1 is 1.40 bits per heavy atom. The molecular weight excluding hydrogens is 286 g/mol. The van der Waals surface area contributed by atoms with Crippen molar-refractivity contribution in [2.45, 2.75) is 6.43 Å². The minimum absolute atomic E-state index is 0.103. The third-order valence-electron chi connectivity index (χ3n) is 2.02. The third-order valence-corrected chi connectivity index (χ3v) is 3.97. The maximum Gasteiger partial charge on any atom is 0.300 e. The highest BCUT2D eigenvalue weighted by Gasteiger charge is 2.21. The molecule has 0 aliphatic carbocycles. The van der Waals surface area contributed by atoms with E-state index in [2.05, 4.69) is 15.9 Å². The molecule has 0 spiro atoms. The molecule has 0 saturated carbocycles. The van der Waals surface area contributed by atoms with Gasteiger partial charge in [-0.05, 0) is 22.0 Å². The summed E-state index contributed by atoms with van der Waals surface area (Å²) in [5.74, 6) is -1.11. The number of rotatable bonds is 2. The fourth-order valence-corrected chi connectivity index (χ4v) is 2.94. The fourth-order valence-electron chi connectivity index (χ4n) is 1.33. The Labute approximate surface area is 96.8 Å². The molecule has 1 aromatic heterocycles. The second-order valence-electron chi connectivity index (χ2n) is 2.93. The number of thiophene rings is 1. The zero-order valence-corrected chi connectivity index (χ0v) is 9.74. The van der Waals surface area contributed by atoms with Gasteiger partial charge in [-0.25, -0.2) is 8.78 Å². The summed E-state index contributed by atoms with van der Waals surface area (Å²) in [6.07, 6.45) is -2.94. The van der Waals surface area contributed by atoms with Crippen LogP contribution in [0, 0.1) is 0 Å². The van der Waals surface area contributed by atoms with Gasteiger partial charge in [0.1, 0.15) is 0 Å². The normalized spacial score (nSPS) is 11.2. The van der Waals surface area contributed by atoms with Gasteiger partial charge in [0, 0.05) is 25.5 Å². The zero-order chi connectivity index (χ0) is 11.0. The number of fused-ring (bicyclic) bond motifs is 1. The molecule has 78 valence electrons. The molecule has 2 rings (SSSR count). The van der Waals surface area contributed by atoms with E-state index >= 15 is 0 Å². The monoisotopic (exact) mass is 290 g/mol. The first kappa shape index (κ1) is 10.7. The predicted molar refractivity (Wildman–Crippen MR) is 59.9 cm³/mol. The summed E-state index contributed by atoms with van der Waals surface area (Å²) < 4.78 is 26.2. The van der Waals surface area contributed by atoms with Crippen LogP contribution in [0.5, 0.6) is 0 Å². The Kier molecular flexibility index (Phi) is 2.84. The van der Waals surface area contributed by atoms with E-state index in [1.54, 1.807) is 12.1 Å². The van der Waals surface area contributed by atoms with E-state index in [4.69, 9.17) is 0 Å². The van der Waals surface area contributed by atoms with Crippen molar-refractivity contribution in [3.63, 3.8) is 0 Å². The van der Waals surface area contributed by atoms with Crippen LogP contribution in [-0.4, -0.2) is 12.2 Å². The maximum atomic E-state index is 12.3. The lowest BCUT2D eigenvalue weighted by molar-refractivity contribution is 0.0681. The molecule has 1 nitrogen and oxygen atoms in total. The SMILES string of the molecule is O=C(c1csc2c(Br)cccc12)C(F)F. The first-order valence-corrected chi connectivity index (χ1v) is 5.76. The average Bonchev–Trinajstić information content (AvgIpc) is 2.61. The van der Waals surface area contributed by atoms with Gasteiger partial charge in [0.05, 0.1) is 0 Å². The lowest BCUT2D eigenvalue weighted by atomic mass is 10.1. The molecule has 0 unspecified atom stereocenters. The minimum Gasteiger partial charge on any atom is -0.288 e. The highest BCUT2D eigenvalue weighted by Crippen LogP contribution is 2.33. The van der Waals surface area contributed by atoms with E-state index in [0.717, 1.165) is 9.17 Å². The van der Waals surface area contributed by atoms with Crippen LogP contribution in [0.4, 0.5) is 8.78 Å². The van der Waals surface area contributed by atoms with Gasteiger partial charge in [-0.2, -0.15) is 0 Å². The van der Waals surface area contributed by atoms with Crippen LogP contribution in [0.1, 0.15) is 10.4 Å². The molecule has 0 fully saturated rings. The predicted octanol–water partition coefficient (Wildman–Crippen LogP) is 4.11. The van der Waals surface area contributed by atoms with Crippen molar-refractivity contribution in [1.82, 2.24) is 0 Å². The van der Waals surface area contributed by atoms with Crippen LogP contribution >= 0.6 is 27.3 Å². The van der Waals surface area contributed by atoms with E-state index in [-0.39, 0.29) is 5.56 Å². The van der Waals surface area contributed by atoms with Gasteiger partial charge in [0.2, 0.25) is 5.78 Å². The number of alkyl halides is 2. The molecular formula is C10H5BrF2OS. The van der Waals surface area contributed by atoms with E-state index in [1.165, 1.54) is 16.7 Å².